The second-order valence-electron chi connectivity index (χ2n) is 5.24. The van der Waals surface area contributed by atoms with Crippen LogP contribution in [0.5, 0.6) is 11.5 Å². The van der Waals surface area contributed by atoms with Crippen LogP contribution in [0, 0.1) is 0 Å². The lowest BCUT2D eigenvalue weighted by Crippen LogP contribution is -2.27. The number of amides is 1. The average Bonchev–Trinajstić information content (AvgIpc) is 2.37. The Balaban J connectivity index is 3.10. The van der Waals surface area contributed by atoms with Gasteiger partial charge in [-0.1, -0.05) is 0 Å². The van der Waals surface area contributed by atoms with Gasteiger partial charge < -0.3 is 14.2 Å². The molecule has 1 aromatic rings. The van der Waals surface area contributed by atoms with Crippen molar-refractivity contribution in [2.75, 3.05) is 19.0 Å². The molecule has 0 aromatic heterocycles. The number of carbonyl (C=O) groups excluding carboxylic acids is 2. The van der Waals surface area contributed by atoms with Crippen LogP contribution >= 0.6 is 0 Å². The minimum atomic E-state index is -0.641. The molecule has 0 bridgehead atoms. The highest BCUT2D eigenvalue weighted by Gasteiger charge is 2.20. The molecule has 0 saturated heterocycles. The standard InChI is InChI=1S/C15H21NO5/c1-6-20-13-10(9-17)11(7-8-12(13)19-5)16-14(18)21-15(2,3)4/h7-9H,6H2,1-5H3,(H,16,18). The molecule has 0 aliphatic carbocycles. The summed E-state index contributed by atoms with van der Waals surface area (Å²) in [6, 6.07) is 3.18. The summed E-state index contributed by atoms with van der Waals surface area (Å²) in [6.07, 6.45) is -0.0292. The SMILES string of the molecule is CCOc1c(OC)ccc(NC(=O)OC(C)(C)C)c1C=O. The van der Waals surface area contributed by atoms with E-state index in [4.69, 9.17) is 14.2 Å². The van der Waals surface area contributed by atoms with Crippen molar-refractivity contribution in [3.05, 3.63) is 17.7 Å². The Bertz CT molecular complexity index is 520. The first-order chi connectivity index (χ1) is 9.82. The van der Waals surface area contributed by atoms with E-state index >= 15 is 0 Å². The van der Waals surface area contributed by atoms with E-state index in [1.165, 1.54) is 7.11 Å². The van der Waals surface area contributed by atoms with Crippen molar-refractivity contribution in [2.24, 2.45) is 0 Å². The largest absolute Gasteiger partial charge is 0.493 e. The molecule has 6 heteroatoms. The van der Waals surface area contributed by atoms with Gasteiger partial charge in [-0.05, 0) is 39.8 Å². The van der Waals surface area contributed by atoms with Crippen LogP contribution < -0.4 is 14.8 Å². The highest BCUT2D eigenvalue weighted by molar-refractivity contribution is 5.96. The van der Waals surface area contributed by atoms with Crippen LogP contribution in [-0.4, -0.2) is 31.7 Å². The Morgan fingerprint density at radius 3 is 2.48 bits per heavy atom. The Labute approximate surface area is 124 Å². The van der Waals surface area contributed by atoms with Gasteiger partial charge in [0.1, 0.15) is 5.60 Å². The van der Waals surface area contributed by atoms with Crippen molar-refractivity contribution in [1.29, 1.82) is 0 Å². The maximum Gasteiger partial charge on any atom is 0.412 e. The second-order valence-corrected chi connectivity index (χ2v) is 5.24. The number of carbonyl (C=O) groups is 2. The van der Waals surface area contributed by atoms with Crippen molar-refractivity contribution < 1.29 is 23.8 Å². The van der Waals surface area contributed by atoms with Gasteiger partial charge in [0.05, 0.1) is 25.0 Å². The van der Waals surface area contributed by atoms with E-state index < -0.39 is 11.7 Å². The number of hydrogen-bond acceptors (Lipinski definition) is 5. The first-order valence-electron chi connectivity index (χ1n) is 6.61. The smallest absolute Gasteiger partial charge is 0.412 e. The molecule has 0 spiro atoms. The molecule has 0 aliphatic rings. The molecular formula is C15H21NO5. The van der Waals surface area contributed by atoms with E-state index in [1.807, 2.05) is 0 Å². The van der Waals surface area contributed by atoms with Crippen LogP contribution in [0.3, 0.4) is 0 Å². The lowest BCUT2D eigenvalue weighted by Gasteiger charge is -2.21. The number of ether oxygens (including phenoxy) is 3. The van der Waals surface area contributed by atoms with Gasteiger partial charge >= 0.3 is 6.09 Å². The number of rotatable bonds is 5. The summed E-state index contributed by atoms with van der Waals surface area (Å²) >= 11 is 0. The van der Waals surface area contributed by atoms with Crippen LogP contribution in [0.1, 0.15) is 38.1 Å². The summed E-state index contributed by atoms with van der Waals surface area (Å²) < 4.78 is 15.7. The minimum Gasteiger partial charge on any atom is -0.493 e. The lowest BCUT2D eigenvalue weighted by molar-refractivity contribution is 0.0636. The van der Waals surface area contributed by atoms with E-state index in [9.17, 15) is 9.59 Å². The van der Waals surface area contributed by atoms with Crippen LogP contribution in [0.4, 0.5) is 10.5 Å². The fourth-order valence-corrected chi connectivity index (χ4v) is 1.67. The van der Waals surface area contributed by atoms with E-state index in [-0.39, 0.29) is 5.56 Å². The maximum atomic E-state index is 11.8. The van der Waals surface area contributed by atoms with Crippen molar-refractivity contribution in [3.63, 3.8) is 0 Å². The molecule has 1 N–H and O–H groups in total. The highest BCUT2D eigenvalue weighted by atomic mass is 16.6. The van der Waals surface area contributed by atoms with Gasteiger partial charge in [0.15, 0.2) is 17.8 Å². The molecule has 0 atom stereocenters. The summed E-state index contributed by atoms with van der Waals surface area (Å²) in [6.45, 7) is 7.43. The molecule has 1 amide bonds. The molecule has 21 heavy (non-hydrogen) atoms. The monoisotopic (exact) mass is 295 g/mol. The van der Waals surface area contributed by atoms with E-state index in [1.54, 1.807) is 39.8 Å². The van der Waals surface area contributed by atoms with Gasteiger partial charge in [-0.2, -0.15) is 0 Å². The zero-order chi connectivity index (χ0) is 16.0. The summed E-state index contributed by atoms with van der Waals surface area (Å²) in [5, 5.41) is 2.54. The Hall–Kier alpha value is -2.24. The highest BCUT2D eigenvalue weighted by Crippen LogP contribution is 2.35. The number of nitrogens with one attached hydrogen (secondary N) is 1. The fourth-order valence-electron chi connectivity index (χ4n) is 1.67. The van der Waals surface area contributed by atoms with Crippen molar-refractivity contribution in [3.8, 4) is 11.5 Å². The van der Waals surface area contributed by atoms with Gasteiger partial charge in [0.2, 0.25) is 0 Å². The van der Waals surface area contributed by atoms with E-state index in [2.05, 4.69) is 5.32 Å². The molecule has 0 heterocycles. The Morgan fingerprint density at radius 1 is 1.33 bits per heavy atom. The zero-order valence-corrected chi connectivity index (χ0v) is 13.0. The third-order valence-corrected chi connectivity index (χ3v) is 2.42. The molecule has 1 aromatic carbocycles. The molecule has 1 rings (SSSR count). The Morgan fingerprint density at radius 2 is 2.00 bits per heavy atom. The summed E-state index contributed by atoms with van der Waals surface area (Å²) in [7, 11) is 1.48. The minimum absolute atomic E-state index is 0.210. The van der Waals surface area contributed by atoms with Crippen LogP contribution in [0.2, 0.25) is 0 Å². The molecule has 0 fully saturated rings. The quantitative estimate of drug-likeness (QED) is 0.844. The summed E-state index contributed by atoms with van der Waals surface area (Å²) in [4.78, 5) is 23.1. The van der Waals surface area contributed by atoms with Crippen LogP contribution in [0.15, 0.2) is 12.1 Å². The van der Waals surface area contributed by atoms with Gasteiger partial charge in [-0.15, -0.1) is 0 Å². The normalized spacial score (nSPS) is 10.7. The predicted molar refractivity (Wildman–Crippen MR) is 79.4 cm³/mol. The van der Waals surface area contributed by atoms with Crippen molar-refractivity contribution >= 4 is 18.1 Å². The van der Waals surface area contributed by atoms with E-state index in [0.29, 0.717) is 30.1 Å². The molecular weight excluding hydrogens is 274 g/mol. The number of aldehydes is 1. The molecule has 0 aliphatic heterocycles. The molecule has 0 radical (unpaired) electrons. The molecule has 6 nitrogen and oxygen atoms in total. The number of anilines is 1. The van der Waals surface area contributed by atoms with Crippen LogP contribution in [0.25, 0.3) is 0 Å². The third kappa shape index (κ3) is 4.66. The zero-order valence-electron chi connectivity index (χ0n) is 13.0. The van der Waals surface area contributed by atoms with Gasteiger partial charge in [-0.25, -0.2) is 4.79 Å². The topological polar surface area (TPSA) is 73.9 Å². The summed E-state index contributed by atoms with van der Waals surface area (Å²) in [5.41, 5.74) is -0.105. The first kappa shape index (κ1) is 16.8. The average molecular weight is 295 g/mol. The number of hydrogen-bond donors (Lipinski definition) is 1. The van der Waals surface area contributed by atoms with Crippen molar-refractivity contribution in [2.45, 2.75) is 33.3 Å². The summed E-state index contributed by atoms with van der Waals surface area (Å²) in [5.74, 6) is 0.720. The Kier molecular flexibility index (Phi) is 5.58. The second kappa shape index (κ2) is 6.97. The molecule has 0 saturated carbocycles. The van der Waals surface area contributed by atoms with E-state index in [0.717, 1.165) is 0 Å². The fraction of sp³-hybridized carbons (Fsp3) is 0.467. The van der Waals surface area contributed by atoms with Crippen LogP contribution in [-0.2, 0) is 4.74 Å². The maximum absolute atomic E-state index is 11.8. The van der Waals surface area contributed by atoms with Gasteiger partial charge in [-0.3, -0.25) is 10.1 Å². The lowest BCUT2D eigenvalue weighted by atomic mass is 10.1. The number of methoxy groups -OCH3 is 1. The molecule has 0 unspecified atom stereocenters. The van der Waals surface area contributed by atoms with Gasteiger partial charge in [0, 0.05) is 0 Å². The predicted octanol–water partition coefficient (Wildman–Crippen LogP) is 3.25. The van der Waals surface area contributed by atoms with Crippen molar-refractivity contribution in [1.82, 2.24) is 0 Å². The first-order valence-corrected chi connectivity index (χ1v) is 6.61. The third-order valence-electron chi connectivity index (χ3n) is 2.42. The molecule has 116 valence electrons. The number of benzene rings is 1. The van der Waals surface area contributed by atoms with Gasteiger partial charge in [0.25, 0.3) is 0 Å².